The van der Waals surface area contributed by atoms with E-state index in [0.717, 1.165) is 25.9 Å². The third kappa shape index (κ3) is 48.2. The maximum atomic E-state index is 8.82. The van der Waals surface area contributed by atoms with Gasteiger partial charge in [-0.1, -0.05) is 12.8 Å². The summed E-state index contributed by atoms with van der Waals surface area (Å²) in [6.45, 7) is 1.65. The molecule has 6 nitrogen and oxygen atoms in total. The van der Waals surface area contributed by atoms with Crippen LogP contribution >= 0.6 is 0 Å². The van der Waals surface area contributed by atoms with Gasteiger partial charge in [0.25, 0.3) is 0 Å². The molecule has 0 unspecified atom stereocenters. The standard InChI is InChI=1S/C6H16N2.Cr.2H2O.2O/c7-5-3-1-2-4-6-8;;;;;/h1-8H2;;2*1H2;;/q;+2;;;;/p-2. The SMILES string of the molecule is NCCCCCCN.[O]=[Cr](=[O])([OH])[OH]. The van der Waals surface area contributed by atoms with E-state index in [1.165, 1.54) is 12.8 Å². The first-order valence-electron chi connectivity index (χ1n) is 4.01. The molecular formula is C6H18CrN2O4. The van der Waals surface area contributed by atoms with Crippen LogP contribution in [0.1, 0.15) is 25.7 Å². The summed E-state index contributed by atoms with van der Waals surface area (Å²) in [5, 5.41) is 0. The zero-order valence-electron chi connectivity index (χ0n) is 7.52. The van der Waals surface area contributed by atoms with Crippen molar-refractivity contribution in [2.45, 2.75) is 25.7 Å². The fraction of sp³-hybridized carbons (Fsp3) is 1.00. The van der Waals surface area contributed by atoms with E-state index in [1.807, 2.05) is 0 Å². The number of unbranched alkanes of at least 4 members (excludes halogenated alkanes) is 3. The first kappa shape index (κ1) is 15.4. The van der Waals surface area contributed by atoms with Crippen LogP contribution in [0.4, 0.5) is 0 Å². The average Bonchev–Trinajstić information content (AvgIpc) is 1.95. The molecule has 0 aliphatic carbocycles. The van der Waals surface area contributed by atoms with Gasteiger partial charge in [0, 0.05) is 0 Å². The Bertz CT molecular complexity index is 167. The van der Waals surface area contributed by atoms with E-state index in [-0.39, 0.29) is 0 Å². The van der Waals surface area contributed by atoms with Crippen molar-refractivity contribution in [1.29, 1.82) is 0 Å². The van der Waals surface area contributed by atoms with Crippen molar-refractivity contribution in [2.75, 3.05) is 13.1 Å². The summed E-state index contributed by atoms with van der Waals surface area (Å²) in [4.78, 5) is 0. The second kappa shape index (κ2) is 10.1. The summed E-state index contributed by atoms with van der Waals surface area (Å²) in [6.07, 6.45) is 4.79. The van der Waals surface area contributed by atoms with Crippen molar-refractivity contribution in [3.8, 4) is 0 Å². The molecule has 0 heterocycles. The van der Waals surface area contributed by atoms with Gasteiger partial charge in [0.1, 0.15) is 0 Å². The van der Waals surface area contributed by atoms with Gasteiger partial charge in [-0.2, -0.15) is 0 Å². The van der Waals surface area contributed by atoms with E-state index in [0.29, 0.717) is 0 Å². The van der Waals surface area contributed by atoms with Gasteiger partial charge >= 0.3 is 29.5 Å². The molecule has 0 aliphatic rings. The predicted octanol–water partition coefficient (Wildman–Crippen LogP) is -0.890. The van der Waals surface area contributed by atoms with Gasteiger partial charge in [0.2, 0.25) is 0 Å². The monoisotopic (exact) mass is 234 g/mol. The van der Waals surface area contributed by atoms with E-state index >= 15 is 0 Å². The summed E-state index contributed by atoms with van der Waals surface area (Å²) < 4.78 is 31.9. The van der Waals surface area contributed by atoms with Gasteiger partial charge in [-0.05, 0) is 25.9 Å². The van der Waals surface area contributed by atoms with E-state index in [2.05, 4.69) is 0 Å². The molecule has 0 atom stereocenters. The third-order valence-electron chi connectivity index (χ3n) is 1.16. The summed E-state index contributed by atoms with van der Waals surface area (Å²) in [5.41, 5.74) is 10.6. The molecule has 0 fully saturated rings. The topological polar surface area (TPSA) is 127 Å². The number of hydrogen-bond donors (Lipinski definition) is 4. The molecule has 0 amide bonds. The molecule has 6 N–H and O–H groups in total. The second-order valence-corrected chi connectivity index (χ2v) is 3.84. The molecule has 0 saturated heterocycles. The average molecular weight is 234 g/mol. The van der Waals surface area contributed by atoms with Crippen molar-refractivity contribution >= 4 is 0 Å². The van der Waals surface area contributed by atoms with Crippen LogP contribution in [0.5, 0.6) is 0 Å². The number of hydrogen-bond acceptors (Lipinski definition) is 4. The molecule has 7 heteroatoms. The molecule has 0 aromatic carbocycles. The quantitative estimate of drug-likeness (QED) is 0.457. The maximum absolute atomic E-state index is 8.82. The molecule has 0 radical (unpaired) electrons. The normalized spacial score (nSPS) is 10.5. The Balaban J connectivity index is 0. The summed E-state index contributed by atoms with van der Waals surface area (Å²) in [5.74, 6) is 0. The zero-order chi connectivity index (χ0) is 10.7. The first-order chi connectivity index (χ1) is 5.91. The molecule has 0 aromatic rings. The van der Waals surface area contributed by atoms with Crippen LogP contribution in [0.25, 0.3) is 0 Å². The van der Waals surface area contributed by atoms with Crippen LogP contribution in [-0.2, 0) is 21.2 Å². The molecule has 0 aliphatic heterocycles. The van der Waals surface area contributed by atoms with Gasteiger partial charge in [-0.3, -0.25) is 0 Å². The van der Waals surface area contributed by atoms with Gasteiger partial charge in [-0.15, -0.1) is 0 Å². The molecule has 82 valence electrons. The molecular weight excluding hydrogens is 216 g/mol. The van der Waals surface area contributed by atoms with Crippen molar-refractivity contribution < 1.29 is 29.5 Å². The van der Waals surface area contributed by atoms with E-state index < -0.39 is 13.6 Å². The van der Waals surface area contributed by atoms with Crippen molar-refractivity contribution in [3.63, 3.8) is 0 Å². The third-order valence-corrected chi connectivity index (χ3v) is 1.16. The molecule has 0 rings (SSSR count). The van der Waals surface area contributed by atoms with Crippen LogP contribution in [0.3, 0.4) is 0 Å². The van der Waals surface area contributed by atoms with Crippen LogP contribution in [0.15, 0.2) is 0 Å². The van der Waals surface area contributed by atoms with Crippen molar-refractivity contribution in [2.24, 2.45) is 11.5 Å². The second-order valence-electron chi connectivity index (χ2n) is 2.44. The molecule has 0 spiro atoms. The van der Waals surface area contributed by atoms with Crippen LogP contribution in [0, 0.1) is 0 Å². The number of rotatable bonds is 5. The Morgan fingerprint density at radius 3 is 1.23 bits per heavy atom. The van der Waals surface area contributed by atoms with Gasteiger partial charge < -0.3 is 11.5 Å². The van der Waals surface area contributed by atoms with Crippen LogP contribution < -0.4 is 11.5 Å². The minimum absolute atomic E-state index is 0.824. The Hall–Kier alpha value is -0.0275. The van der Waals surface area contributed by atoms with Gasteiger partial charge in [0.05, 0.1) is 0 Å². The van der Waals surface area contributed by atoms with Gasteiger partial charge in [-0.25, -0.2) is 0 Å². The van der Waals surface area contributed by atoms with Crippen molar-refractivity contribution in [3.05, 3.63) is 0 Å². The fourth-order valence-electron chi connectivity index (χ4n) is 0.642. The Labute approximate surface area is 80.3 Å². The van der Waals surface area contributed by atoms with Crippen LogP contribution in [-0.4, -0.2) is 21.4 Å². The molecule has 0 bridgehead atoms. The van der Waals surface area contributed by atoms with E-state index in [9.17, 15) is 0 Å². The van der Waals surface area contributed by atoms with Crippen molar-refractivity contribution in [1.82, 2.24) is 0 Å². The summed E-state index contributed by atoms with van der Waals surface area (Å²) in [7, 11) is 0. The van der Waals surface area contributed by atoms with Gasteiger partial charge in [0.15, 0.2) is 0 Å². The first-order valence-corrected chi connectivity index (χ1v) is 6.20. The Morgan fingerprint density at radius 1 is 0.846 bits per heavy atom. The predicted molar refractivity (Wildman–Crippen MR) is 42.4 cm³/mol. The molecule has 0 saturated carbocycles. The summed E-state index contributed by atoms with van der Waals surface area (Å²) in [6, 6.07) is 0. The molecule has 0 aromatic heterocycles. The zero-order valence-corrected chi connectivity index (χ0v) is 8.79. The van der Waals surface area contributed by atoms with E-state index in [4.69, 9.17) is 27.4 Å². The number of nitrogens with two attached hydrogens (primary N) is 2. The van der Waals surface area contributed by atoms with E-state index in [1.54, 1.807) is 0 Å². The minimum atomic E-state index is -5.25. The Kier molecular flexibility index (Phi) is 11.9. The summed E-state index contributed by atoms with van der Waals surface area (Å²) >= 11 is -5.25. The fourth-order valence-corrected chi connectivity index (χ4v) is 0.642. The van der Waals surface area contributed by atoms with Crippen LogP contribution in [0.2, 0.25) is 0 Å². The molecule has 13 heavy (non-hydrogen) atoms. The Morgan fingerprint density at radius 2 is 1.08 bits per heavy atom.